The zero-order chi connectivity index (χ0) is 8.69. The van der Waals surface area contributed by atoms with E-state index in [4.69, 9.17) is 5.73 Å². The summed E-state index contributed by atoms with van der Waals surface area (Å²) in [6, 6.07) is 0. The molecule has 0 bridgehead atoms. The third-order valence-corrected chi connectivity index (χ3v) is 0.895. The molecule has 0 unspecified atom stereocenters. The summed E-state index contributed by atoms with van der Waals surface area (Å²) in [6.45, 7) is 1.82. The number of primary amides is 1. The molecule has 4 heteroatoms. The molecule has 11 heavy (non-hydrogen) atoms. The normalized spacial score (nSPS) is 7.73. The molecule has 60 valence electrons. The molecule has 3 N–H and O–H groups in total. The first kappa shape index (κ1) is 9.50. The van der Waals surface area contributed by atoms with E-state index < -0.39 is 5.91 Å². The number of nitrogens with one attached hydrogen (secondary N) is 1. The van der Waals surface area contributed by atoms with Gasteiger partial charge in [0.2, 0.25) is 5.91 Å². The number of hydrogen-bond donors (Lipinski definition) is 2. The molecule has 0 fully saturated rings. The Balaban J connectivity index is 3.44. The van der Waals surface area contributed by atoms with E-state index >= 15 is 0 Å². The lowest BCUT2D eigenvalue weighted by Crippen LogP contribution is -2.26. The molecule has 0 radical (unpaired) electrons. The fourth-order valence-electron chi connectivity index (χ4n) is 0.457. The van der Waals surface area contributed by atoms with Gasteiger partial charge in [0, 0.05) is 13.0 Å². The number of rotatable bonds is 3. The zero-order valence-electron chi connectivity index (χ0n) is 6.31. The summed E-state index contributed by atoms with van der Waals surface area (Å²) in [5, 5.41) is 2.40. The summed E-state index contributed by atoms with van der Waals surface area (Å²) >= 11 is 0. The average Bonchev–Trinajstić information content (AvgIpc) is 1.87. The molecule has 4 nitrogen and oxygen atoms in total. The first-order valence-electron chi connectivity index (χ1n) is 3.15. The average molecular weight is 154 g/mol. The van der Waals surface area contributed by atoms with Crippen molar-refractivity contribution >= 4 is 11.8 Å². The fraction of sp³-hybridized carbons (Fsp3) is 0.429. The third kappa shape index (κ3) is 6.38. The largest absolute Gasteiger partial charge is 0.370 e. The van der Waals surface area contributed by atoms with Crippen molar-refractivity contribution < 1.29 is 9.59 Å². The lowest BCUT2D eigenvalue weighted by atomic mass is 10.4. The topological polar surface area (TPSA) is 72.2 Å². The van der Waals surface area contributed by atoms with Crippen LogP contribution in [0.3, 0.4) is 0 Å². The van der Waals surface area contributed by atoms with Crippen LogP contribution < -0.4 is 11.1 Å². The molecule has 0 aliphatic rings. The quantitative estimate of drug-likeness (QED) is 0.512. The Morgan fingerprint density at radius 2 is 2.18 bits per heavy atom. The van der Waals surface area contributed by atoms with E-state index in [2.05, 4.69) is 17.2 Å². The number of carbonyl (C=O) groups is 2. The highest BCUT2D eigenvalue weighted by Crippen LogP contribution is 1.72. The first-order valence-corrected chi connectivity index (χ1v) is 3.15. The summed E-state index contributed by atoms with van der Waals surface area (Å²) in [5.74, 6) is 3.88. The van der Waals surface area contributed by atoms with Crippen LogP contribution in [0, 0.1) is 11.8 Å². The number of amides is 2. The molecule has 0 aliphatic heterocycles. The maximum absolute atomic E-state index is 10.6. The van der Waals surface area contributed by atoms with Gasteiger partial charge in [0.25, 0.3) is 5.91 Å². The predicted octanol–water partition coefficient (Wildman–Crippen LogP) is -0.999. The zero-order valence-corrected chi connectivity index (χ0v) is 6.31. The van der Waals surface area contributed by atoms with E-state index in [0.717, 1.165) is 0 Å². The molecule has 0 aromatic carbocycles. The molecule has 0 heterocycles. The van der Waals surface area contributed by atoms with E-state index in [9.17, 15) is 9.59 Å². The van der Waals surface area contributed by atoms with Crippen molar-refractivity contribution in [2.24, 2.45) is 5.73 Å². The molecule has 0 rings (SSSR count). The summed E-state index contributed by atoms with van der Waals surface area (Å²) in [6.07, 6.45) is 0.150. The van der Waals surface area contributed by atoms with Crippen LogP contribution in [0.15, 0.2) is 0 Å². The van der Waals surface area contributed by atoms with E-state index in [1.165, 1.54) is 0 Å². The van der Waals surface area contributed by atoms with Crippen LogP contribution in [0.1, 0.15) is 13.3 Å². The maximum atomic E-state index is 10.6. The second-order valence-electron chi connectivity index (χ2n) is 1.85. The van der Waals surface area contributed by atoms with Gasteiger partial charge in [0.05, 0.1) is 0 Å². The Bertz CT molecular complexity index is 212. The summed E-state index contributed by atoms with van der Waals surface area (Å²) in [4.78, 5) is 20.8. The smallest absolute Gasteiger partial charge is 0.295 e. The van der Waals surface area contributed by atoms with Crippen LogP contribution in [0.5, 0.6) is 0 Å². The van der Waals surface area contributed by atoms with Crippen molar-refractivity contribution in [2.75, 3.05) is 6.54 Å². The van der Waals surface area contributed by atoms with Crippen molar-refractivity contribution in [2.45, 2.75) is 13.3 Å². The standard InChI is InChI=1S/C7H10N2O2/c1-2-3-7(11)9-5-4-6(8)10/h4-5H2,1H3,(H2,8,10)(H,9,11). The molecule has 0 aromatic heterocycles. The van der Waals surface area contributed by atoms with E-state index in [1.807, 2.05) is 0 Å². The second kappa shape index (κ2) is 5.30. The van der Waals surface area contributed by atoms with Crippen molar-refractivity contribution in [3.63, 3.8) is 0 Å². The van der Waals surface area contributed by atoms with E-state index in [-0.39, 0.29) is 18.9 Å². The molecular formula is C7H10N2O2. The Morgan fingerprint density at radius 3 is 2.64 bits per heavy atom. The van der Waals surface area contributed by atoms with Gasteiger partial charge >= 0.3 is 0 Å². The van der Waals surface area contributed by atoms with Crippen LogP contribution in [-0.4, -0.2) is 18.4 Å². The number of hydrogen-bond acceptors (Lipinski definition) is 2. The van der Waals surface area contributed by atoms with Gasteiger partial charge in [0.15, 0.2) is 0 Å². The van der Waals surface area contributed by atoms with Gasteiger partial charge in [-0.15, -0.1) is 0 Å². The highest BCUT2D eigenvalue weighted by molar-refractivity contribution is 5.93. The van der Waals surface area contributed by atoms with E-state index in [1.54, 1.807) is 6.92 Å². The van der Waals surface area contributed by atoms with Crippen LogP contribution >= 0.6 is 0 Å². The molecule has 0 aromatic rings. The van der Waals surface area contributed by atoms with Gasteiger partial charge < -0.3 is 11.1 Å². The Labute approximate surface area is 65.1 Å². The predicted molar refractivity (Wildman–Crippen MR) is 40.3 cm³/mol. The van der Waals surface area contributed by atoms with Crippen molar-refractivity contribution in [3.05, 3.63) is 0 Å². The minimum atomic E-state index is -0.435. The molecule has 2 amide bonds. The molecule has 0 saturated heterocycles. The Hall–Kier alpha value is -1.50. The first-order chi connectivity index (χ1) is 5.16. The molecule has 0 aliphatic carbocycles. The van der Waals surface area contributed by atoms with Gasteiger partial charge in [-0.25, -0.2) is 0 Å². The van der Waals surface area contributed by atoms with Gasteiger partial charge in [-0.05, 0) is 12.8 Å². The van der Waals surface area contributed by atoms with Crippen molar-refractivity contribution in [3.8, 4) is 11.8 Å². The molecular weight excluding hydrogens is 144 g/mol. The highest BCUT2D eigenvalue weighted by atomic mass is 16.2. The molecule has 0 saturated carbocycles. The third-order valence-electron chi connectivity index (χ3n) is 0.895. The summed E-state index contributed by atoms with van der Waals surface area (Å²) in [5.41, 5.74) is 4.83. The number of carbonyl (C=O) groups excluding carboxylic acids is 2. The maximum Gasteiger partial charge on any atom is 0.295 e. The highest BCUT2D eigenvalue weighted by Gasteiger charge is 1.95. The van der Waals surface area contributed by atoms with Crippen LogP contribution in [0.2, 0.25) is 0 Å². The minimum Gasteiger partial charge on any atom is -0.370 e. The van der Waals surface area contributed by atoms with Crippen LogP contribution in [0.25, 0.3) is 0 Å². The fourth-order valence-corrected chi connectivity index (χ4v) is 0.457. The minimum absolute atomic E-state index is 0.150. The second-order valence-corrected chi connectivity index (χ2v) is 1.85. The van der Waals surface area contributed by atoms with Gasteiger partial charge in [-0.2, -0.15) is 0 Å². The van der Waals surface area contributed by atoms with Gasteiger partial charge in [-0.3, -0.25) is 9.59 Å². The van der Waals surface area contributed by atoms with Gasteiger partial charge in [0.1, 0.15) is 0 Å². The van der Waals surface area contributed by atoms with Crippen LogP contribution in [-0.2, 0) is 9.59 Å². The summed E-state index contributed by atoms with van der Waals surface area (Å²) < 4.78 is 0. The van der Waals surface area contributed by atoms with E-state index in [0.29, 0.717) is 0 Å². The lowest BCUT2D eigenvalue weighted by molar-refractivity contribution is -0.118. The SMILES string of the molecule is CC#CC(=O)NCCC(N)=O. The van der Waals surface area contributed by atoms with Crippen molar-refractivity contribution in [1.29, 1.82) is 0 Å². The van der Waals surface area contributed by atoms with Crippen LogP contribution in [0.4, 0.5) is 0 Å². The molecule has 0 spiro atoms. The monoisotopic (exact) mass is 154 g/mol. The van der Waals surface area contributed by atoms with Gasteiger partial charge in [-0.1, -0.05) is 5.92 Å². The Kier molecular flexibility index (Phi) is 4.58. The lowest BCUT2D eigenvalue weighted by Gasteiger charge is -1.95. The summed E-state index contributed by atoms with van der Waals surface area (Å²) in [7, 11) is 0. The Morgan fingerprint density at radius 1 is 1.55 bits per heavy atom. The van der Waals surface area contributed by atoms with Crippen molar-refractivity contribution in [1.82, 2.24) is 5.32 Å². The molecule has 0 atom stereocenters. The number of nitrogens with two attached hydrogens (primary N) is 1.